The number of hydrogen-bond acceptors (Lipinski definition) is 5. The molecule has 1 aromatic carbocycles. The molecule has 2 aromatic rings. The Morgan fingerprint density at radius 3 is 2.69 bits per heavy atom. The van der Waals surface area contributed by atoms with Crippen molar-refractivity contribution in [3.05, 3.63) is 12.1 Å². The summed E-state index contributed by atoms with van der Waals surface area (Å²) in [6.07, 6.45) is 6.03. The van der Waals surface area contributed by atoms with E-state index in [-0.39, 0.29) is 18.0 Å². The Morgan fingerprint density at radius 2 is 2.00 bits per heavy atom. The van der Waals surface area contributed by atoms with E-state index in [4.69, 9.17) is 4.74 Å². The quantitative estimate of drug-likeness (QED) is 0.732. The van der Waals surface area contributed by atoms with Crippen molar-refractivity contribution in [2.75, 3.05) is 17.7 Å². The van der Waals surface area contributed by atoms with Gasteiger partial charge in [0.15, 0.2) is 5.13 Å². The Balaban J connectivity index is 1.75. The molecule has 3 amide bonds. The molecule has 0 aliphatic heterocycles. The number of rotatable bonds is 5. The van der Waals surface area contributed by atoms with E-state index in [1.54, 1.807) is 20.1 Å². The lowest BCUT2D eigenvalue weighted by molar-refractivity contribution is -0.115. The van der Waals surface area contributed by atoms with Crippen LogP contribution in [-0.4, -0.2) is 30.1 Å². The summed E-state index contributed by atoms with van der Waals surface area (Å²) in [5.41, 5.74) is 1.31. The van der Waals surface area contributed by atoms with Gasteiger partial charge >= 0.3 is 6.03 Å². The smallest absolute Gasteiger partial charge is 0.319 e. The highest BCUT2D eigenvalue weighted by Crippen LogP contribution is 2.35. The third kappa shape index (κ3) is 4.43. The molecule has 1 fully saturated rings. The molecule has 7 nitrogen and oxygen atoms in total. The van der Waals surface area contributed by atoms with Crippen molar-refractivity contribution in [3.63, 3.8) is 0 Å². The summed E-state index contributed by atoms with van der Waals surface area (Å²) >= 11 is 1.35. The molecule has 1 saturated carbocycles. The Labute approximate surface area is 156 Å². The lowest BCUT2D eigenvalue weighted by Crippen LogP contribution is -2.39. The number of ether oxygens (including phenoxy) is 1. The zero-order valence-corrected chi connectivity index (χ0v) is 15.9. The van der Waals surface area contributed by atoms with Crippen molar-refractivity contribution in [1.29, 1.82) is 0 Å². The first-order valence-electron chi connectivity index (χ1n) is 8.95. The van der Waals surface area contributed by atoms with E-state index in [0.29, 0.717) is 28.5 Å². The molecule has 3 rings (SSSR count). The van der Waals surface area contributed by atoms with Crippen LogP contribution in [0.1, 0.15) is 45.4 Å². The van der Waals surface area contributed by atoms with Crippen molar-refractivity contribution in [1.82, 2.24) is 10.3 Å². The largest absolute Gasteiger partial charge is 0.494 e. The minimum atomic E-state index is -0.206. The molecule has 3 N–H and O–H groups in total. The number of nitrogens with zero attached hydrogens (tertiary/aromatic N) is 1. The second-order valence-electron chi connectivity index (χ2n) is 6.38. The van der Waals surface area contributed by atoms with Crippen LogP contribution in [0.3, 0.4) is 0 Å². The minimum absolute atomic E-state index is 0.0896. The van der Waals surface area contributed by atoms with E-state index < -0.39 is 0 Å². The maximum Gasteiger partial charge on any atom is 0.319 e. The molecule has 1 heterocycles. The Bertz CT molecular complexity index is 799. The van der Waals surface area contributed by atoms with Crippen LogP contribution in [-0.2, 0) is 4.79 Å². The van der Waals surface area contributed by atoms with Gasteiger partial charge in [0.1, 0.15) is 11.3 Å². The number of fused-ring (bicyclic) bond motifs is 1. The molecule has 1 aliphatic rings. The first-order valence-corrected chi connectivity index (χ1v) is 9.76. The fourth-order valence-electron chi connectivity index (χ4n) is 3.09. The second kappa shape index (κ2) is 8.35. The van der Waals surface area contributed by atoms with Crippen molar-refractivity contribution >= 4 is 44.3 Å². The fourth-order valence-corrected chi connectivity index (χ4v) is 4.03. The van der Waals surface area contributed by atoms with E-state index in [1.807, 2.05) is 6.07 Å². The van der Waals surface area contributed by atoms with Crippen LogP contribution in [0.4, 0.5) is 15.6 Å². The van der Waals surface area contributed by atoms with Gasteiger partial charge in [0.25, 0.3) is 0 Å². The first kappa shape index (κ1) is 18.4. The average Bonchev–Trinajstić information content (AvgIpc) is 3.03. The Kier molecular flexibility index (Phi) is 5.92. The maximum atomic E-state index is 12.3. The molecule has 0 bridgehead atoms. The van der Waals surface area contributed by atoms with Crippen molar-refractivity contribution in [2.24, 2.45) is 0 Å². The van der Waals surface area contributed by atoms with E-state index in [9.17, 15) is 9.59 Å². The molecule has 0 unspecified atom stereocenters. The molecule has 1 aliphatic carbocycles. The average molecular weight is 376 g/mol. The van der Waals surface area contributed by atoms with Gasteiger partial charge in [0, 0.05) is 24.2 Å². The summed E-state index contributed by atoms with van der Waals surface area (Å²) in [5.74, 6) is 0.469. The van der Waals surface area contributed by atoms with E-state index in [1.165, 1.54) is 17.8 Å². The van der Waals surface area contributed by atoms with Gasteiger partial charge in [-0.2, -0.15) is 0 Å². The number of carbonyl (C=O) groups is 2. The first-order chi connectivity index (χ1) is 12.6. The molecule has 8 heteroatoms. The van der Waals surface area contributed by atoms with Gasteiger partial charge in [-0.1, -0.05) is 37.5 Å². The van der Waals surface area contributed by atoms with Gasteiger partial charge < -0.3 is 20.7 Å². The molecule has 26 heavy (non-hydrogen) atoms. The third-order valence-electron chi connectivity index (χ3n) is 4.45. The number of urea groups is 1. The van der Waals surface area contributed by atoms with Gasteiger partial charge in [-0.3, -0.25) is 4.79 Å². The molecule has 0 radical (unpaired) electrons. The molecule has 0 saturated heterocycles. The molecule has 0 atom stereocenters. The predicted molar refractivity (Wildman–Crippen MR) is 104 cm³/mol. The van der Waals surface area contributed by atoms with Crippen LogP contribution in [0, 0.1) is 0 Å². The van der Waals surface area contributed by atoms with Crippen molar-refractivity contribution in [2.45, 2.75) is 51.5 Å². The van der Waals surface area contributed by atoms with Gasteiger partial charge in [0.05, 0.1) is 11.8 Å². The number of thiazole rings is 1. The molecular formula is C18H24N4O3S. The summed E-state index contributed by atoms with van der Waals surface area (Å²) in [6.45, 7) is 1.79. The molecule has 1 aromatic heterocycles. The lowest BCUT2D eigenvalue weighted by atomic mass is 9.96. The number of amides is 3. The number of methoxy groups -OCH3 is 1. The van der Waals surface area contributed by atoms with Crippen molar-refractivity contribution < 1.29 is 14.3 Å². The van der Waals surface area contributed by atoms with Crippen molar-refractivity contribution in [3.8, 4) is 5.75 Å². The molecule has 140 valence electrons. The van der Waals surface area contributed by atoms with Gasteiger partial charge in [-0.25, -0.2) is 9.78 Å². The fraction of sp³-hybridized carbons (Fsp3) is 0.500. The topological polar surface area (TPSA) is 92.3 Å². The highest BCUT2D eigenvalue weighted by molar-refractivity contribution is 7.22. The Hall–Kier alpha value is -2.35. The Morgan fingerprint density at radius 1 is 1.23 bits per heavy atom. The van der Waals surface area contributed by atoms with Gasteiger partial charge in [-0.15, -0.1) is 0 Å². The zero-order valence-electron chi connectivity index (χ0n) is 15.1. The lowest BCUT2D eigenvalue weighted by Gasteiger charge is -2.22. The van der Waals surface area contributed by atoms with Crippen LogP contribution in [0.15, 0.2) is 12.1 Å². The van der Waals surface area contributed by atoms with Crippen LogP contribution >= 0.6 is 11.3 Å². The van der Waals surface area contributed by atoms with E-state index in [2.05, 4.69) is 20.9 Å². The monoisotopic (exact) mass is 376 g/mol. The number of carbonyl (C=O) groups excluding carboxylic acids is 2. The number of hydrogen-bond donors (Lipinski definition) is 3. The predicted octanol–water partition coefficient (Wildman–Crippen LogP) is 4.11. The standard InChI is InChI=1S/C18H24N4O3S/c1-3-15(23)21-18-22-16-13(25-2)9-12(10-14(16)26-18)20-17(24)19-11-7-5-4-6-8-11/h9-11H,3-8H2,1-2H3,(H2,19,20,24)(H,21,22,23). The minimum Gasteiger partial charge on any atom is -0.494 e. The second-order valence-corrected chi connectivity index (χ2v) is 7.41. The van der Waals surface area contributed by atoms with Gasteiger partial charge in [-0.05, 0) is 18.9 Å². The van der Waals surface area contributed by atoms with E-state index >= 15 is 0 Å². The summed E-state index contributed by atoms with van der Waals surface area (Å²) in [5, 5.41) is 9.19. The normalized spacial score (nSPS) is 14.8. The van der Waals surface area contributed by atoms with Gasteiger partial charge in [0.2, 0.25) is 5.91 Å². The summed E-state index contributed by atoms with van der Waals surface area (Å²) in [7, 11) is 1.56. The number of nitrogens with one attached hydrogen (secondary N) is 3. The van der Waals surface area contributed by atoms with Crippen LogP contribution in [0.25, 0.3) is 10.2 Å². The summed E-state index contributed by atoms with van der Waals surface area (Å²) in [4.78, 5) is 28.3. The van der Waals surface area contributed by atoms with Crippen LogP contribution < -0.4 is 20.7 Å². The highest BCUT2D eigenvalue weighted by Gasteiger charge is 2.17. The number of aromatic nitrogens is 1. The number of benzene rings is 1. The van der Waals surface area contributed by atoms with E-state index in [0.717, 1.165) is 30.4 Å². The maximum absolute atomic E-state index is 12.3. The molecule has 0 spiro atoms. The zero-order chi connectivity index (χ0) is 18.5. The van der Waals surface area contributed by atoms with Crippen LogP contribution in [0.2, 0.25) is 0 Å². The summed E-state index contributed by atoms with van der Waals surface area (Å²) in [6, 6.07) is 3.63. The number of anilines is 2. The SMILES string of the molecule is CCC(=O)Nc1nc2c(OC)cc(NC(=O)NC3CCCCC3)cc2s1. The van der Waals surface area contributed by atoms with Crippen LogP contribution in [0.5, 0.6) is 5.75 Å². The third-order valence-corrected chi connectivity index (χ3v) is 5.36. The highest BCUT2D eigenvalue weighted by atomic mass is 32.1. The molecular weight excluding hydrogens is 352 g/mol. The summed E-state index contributed by atoms with van der Waals surface area (Å²) < 4.78 is 6.24.